The molecule has 0 aromatic heterocycles. The molecule has 0 spiro atoms. The minimum Gasteiger partial charge on any atom is -0.370 e. The number of benzene rings is 1. The Kier molecular flexibility index (Phi) is 6.81. The summed E-state index contributed by atoms with van der Waals surface area (Å²) in [5.74, 6) is 1.28. The Hall–Kier alpha value is -0.0900. The third kappa shape index (κ3) is 5.07. The maximum absolute atomic E-state index is 6.17. The van der Waals surface area contributed by atoms with Crippen LogP contribution in [0.3, 0.4) is 0 Å². The van der Waals surface area contributed by atoms with Crippen LogP contribution in [0.4, 0.5) is 0 Å². The van der Waals surface area contributed by atoms with Crippen molar-refractivity contribution in [2.24, 2.45) is 5.92 Å². The van der Waals surface area contributed by atoms with Gasteiger partial charge in [0, 0.05) is 11.0 Å². The van der Waals surface area contributed by atoms with Gasteiger partial charge in [-0.2, -0.15) is 0 Å². The lowest BCUT2D eigenvalue weighted by atomic mass is 9.94. The van der Waals surface area contributed by atoms with Crippen molar-refractivity contribution in [1.29, 1.82) is 0 Å². The molecule has 0 radical (unpaired) electrons. The lowest BCUT2D eigenvalue weighted by Gasteiger charge is -2.29. The molecule has 1 atom stereocenters. The number of ether oxygens (including phenoxy) is 1. The zero-order chi connectivity index (χ0) is 14.5. The lowest BCUT2D eigenvalue weighted by molar-refractivity contribution is -0.0201. The van der Waals surface area contributed by atoms with Crippen LogP contribution in [0.25, 0.3) is 0 Å². The molecule has 0 saturated heterocycles. The van der Waals surface area contributed by atoms with E-state index in [1.54, 1.807) is 0 Å². The zero-order valence-electron chi connectivity index (χ0n) is 12.9. The van der Waals surface area contributed by atoms with Gasteiger partial charge in [-0.15, -0.1) is 0 Å². The fourth-order valence-corrected chi connectivity index (χ4v) is 2.60. The van der Waals surface area contributed by atoms with Crippen molar-refractivity contribution < 1.29 is 4.74 Å². The fourth-order valence-electron chi connectivity index (χ4n) is 1.94. The zero-order valence-corrected chi connectivity index (χ0v) is 15.0. The molecule has 1 aromatic rings. The van der Waals surface area contributed by atoms with E-state index in [-0.39, 0.29) is 5.60 Å². The molecular formula is C17H27IO. The lowest BCUT2D eigenvalue weighted by Crippen LogP contribution is -2.28. The summed E-state index contributed by atoms with van der Waals surface area (Å²) in [4.78, 5) is 0. The average molecular weight is 374 g/mol. The molecule has 0 amide bonds. The second-order valence-electron chi connectivity index (χ2n) is 6.17. The molecular weight excluding hydrogens is 347 g/mol. The summed E-state index contributed by atoms with van der Waals surface area (Å²) in [6, 6.07) is 8.92. The average Bonchev–Trinajstić information content (AvgIpc) is 2.38. The van der Waals surface area contributed by atoms with Gasteiger partial charge in [-0.05, 0) is 36.3 Å². The normalized spacial score (nSPS) is 14.9. The first-order valence-electron chi connectivity index (χ1n) is 7.19. The van der Waals surface area contributed by atoms with Crippen LogP contribution in [0.5, 0.6) is 0 Å². The number of hydrogen-bond donors (Lipinski definition) is 0. The number of halogens is 1. The highest BCUT2D eigenvalue weighted by Crippen LogP contribution is 2.29. The van der Waals surface area contributed by atoms with Crippen molar-refractivity contribution in [3.8, 4) is 0 Å². The van der Waals surface area contributed by atoms with E-state index in [1.807, 2.05) is 0 Å². The predicted molar refractivity (Wildman–Crippen MR) is 92.2 cm³/mol. The Bertz CT molecular complexity index is 369. The Balaban J connectivity index is 2.76. The highest BCUT2D eigenvalue weighted by Gasteiger charge is 2.26. The first kappa shape index (κ1) is 17.0. The maximum Gasteiger partial charge on any atom is 0.0992 e. The Morgan fingerprint density at radius 3 is 2.11 bits per heavy atom. The Morgan fingerprint density at radius 1 is 1.11 bits per heavy atom. The molecule has 0 aliphatic carbocycles. The number of alkyl halides is 1. The van der Waals surface area contributed by atoms with E-state index in [2.05, 4.69) is 81.5 Å². The van der Waals surface area contributed by atoms with Crippen LogP contribution in [0.15, 0.2) is 24.3 Å². The van der Waals surface area contributed by atoms with Crippen LogP contribution in [0.1, 0.15) is 58.1 Å². The monoisotopic (exact) mass is 374 g/mol. The summed E-state index contributed by atoms with van der Waals surface area (Å²) < 4.78 is 7.14. The third-order valence-corrected chi connectivity index (χ3v) is 5.01. The molecule has 1 unspecified atom stereocenters. The van der Waals surface area contributed by atoms with E-state index < -0.39 is 0 Å². The van der Waals surface area contributed by atoms with E-state index in [4.69, 9.17) is 4.74 Å². The molecule has 2 heteroatoms. The summed E-state index contributed by atoms with van der Waals surface area (Å²) in [6.07, 6.45) is 1.12. The fraction of sp³-hybridized carbons (Fsp3) is 0.647. The van der Waals surface area contributed by atoms with Crippen LogP contribution in [-0.2, 0) is 10.3 Å². The van der Waals surface area contributed by atoms with Crippen molar-refractivity contribution in [3.05, 3.63) is 35.4 Å². The van der Waals surface area contributed by atoms with Crippen molar-refractivity contribution >= 4 is 22.6 Å². The van der Waals surface area contributed by atoms with Crippen LogP contribution in [0.2, 0.25) is 0 Å². The van der Waals surface area contributed by atoms with E-state index in [0.717, 1.165) is 17.5 Å². The van der Waals surface area contributed by atoms with E-state index in [1.165, 1.54) is 11.1 Å². The van der Waals surface area contributed by atoms with Crippen molar-refractivity contribution in [2.45, 2.75) is 52.6 Å². The standard InChI is InChI=1S/C17H27IO/c1-13(2)10-11-19-17(5,12-18)16-8-6-15(7-9-16)14(3)4/h6-9,13-14H,10-12H2,1-5H3. The van der Waals surface area contributed by atoms with E-state index in [0.29, 0.717) is 11.8 Å². The molecule has 0 saturated carbocycles. The van der Waals surface area contributed by atoms with Gasteiger partial charge in [0.2, 0.25) is 0 Å². The van der Waals surface area contributed by atoms with Gasteiger partial charge in [-0.25, -0.2) is 0 Å². The molecule has 19 heavy (non-hydrogen) atoms. The smallest absolute Gasteiger partial charge is 0.0992 e. The molecule has 1 aromatic carbocycles. The molecule has 0 heterocycles. The second kappa shape index (κ2) is 7.63. The summed E-state index contributed by atoms with van der Waals surface area (Å²) in [5.41, 5.74) is 2.52. The second-order valence-corrected chi connectivity index (χ2v) is 6.93. The number of rotatable bonds is 7. The summed E-state index contributed by atoms with van der Waals surface area (Å²) in [5, 5.41) is 0. The van der Waals surface area contributed by atoms with Gasteiger partial charge in [-0.1, -0.05) is 74.6 Å². The van der Waals surface area contributed by atoms with Crippen LogP contribution in [0, 0.1) is 5.92 Å². The highest BCUT2D eigenvalue weighted by molar-refractivity contribution is 14.1. The first-order chi connectivity index (χ1) is 8.89. The summed E-state index contributed by atoms with van der Waals surface area (Å²) in [6.45, 7) is 12.0. The van der Waals surface area contributed by atoms with Gasteiger partial charge in [0.15, 0.2) is 0 Å². The largest absolute Gasteiger partial charge is 0.370 e. The van der Waals surface area contributed by atoms with Crippen LogP contribution in [-0.4, -0.2) is 11.0 Å². The quantitative estimate of drug-likeness (QED) is 0.451. The third-order valence-electron chi connectivity index (χ3n) is 3.56. The molecule has 1 nitrogen and oxygen atoms in total. The first-order valence-corrected chi connectivity index (χ1v) is 8.72. The minimum atomic E-state index is -0.162. The minimum absolute atomic E-state index is 0.162. The highest BCUT2D eigenvalue weighted by atomic mass is 127. The summed E-state index contributed by atoms with van der Waals surface area (Å²) >= 11 is 2.42. The van der Waals surface area contributed by atoms with Crippen molar-refractivity contribution in [3.63, 3.8) is 0 Å². The van der Waals surface area contributed by atoms with Crippen LogP contribution < -0.4 is 0 Å². The number of hydrogen-bond acceptors (Lipinski definition) is 1. The molecule has 0 aliphatic heterocycles. The molecule has 0 bridgehead atoms. The van der Waals surface area contributed by atoms with Gasteiger partial charge >= 0.3 is 0 Å². The molecule has 0 N–H and O–H groups in total. The molecule has 0 aliphatic rings. The van der Waals surface area contributed by atoms with Gasteiger partial charge in [-0.3, -0.25) is 0 Å². The summed E-state index contributed by atoms with van der Waals surface area (Å²) in [7, 11) is 0. The molecule has 1 rings (SSSR count). The maximum atomic E-state index is 6.17. The van der Waals surface area contributed by atoms with Gasteiger partial charge in [0.25, 0.3) is 0 Å². The molecule has 108 valence electrons. The SMILES string of the molecule is CC(C)CCOC(C)(CI)c1ccc(C(C)C)cc1. The van der Waals surface area contributed by atoms with Gasteiger partial charge in [0.1, 0.15) is 0 Å². The van der Waals surface area contributed by atoms with Crippen LogP contribution >= 0.6 is 22.6 Å². The Labute approximate surface area is 132 Å². The Morgan fingerprint density at radius 2 is 1.68 bits per heavy atom. The van der Waals surface area contributed by atoms with Crippen molar-refractivity contribution in [2.75, 3.05) is 11.0 Å². The van der Waals surface area contributed by atoms with E-state index in [9.17, 15) is 0 Å². The molecule has 0 fully saturated rings. The van der Waals surface area contributed by atoms with Gasteiger partial charge < -0.3 is 4.74 Å². The van der Waals surface area contributed by atoms with Crippen molar-refractivity contribution in [1.82, 2.24) is 0 Å². The topological polar surface area (TPSA) is 9.23 Å². The van der Waals surface area contributed by atoms with Gasteiger partial charge in [0.05, 0.1) is 5.60 Å². The predicted octanol–water partition coefficient (Wildman–Crippen LogP) is 5.52. The van der Waals surface area contributed by atoms with E-state index >= 15 is 0 Å².